The van der Waals surface area contributed by atoms with Gasteiger partial charge in [-0.3, -0.25) is 9.89 Å². The smallest absolute Gasteiger partial charge is 0.276 e. The van der Waals surface area contributed by atoms with Gasteiger partial charge in [-0.05, 0) is 36.6 Å². The number of nitrogens with zero attached hydrogens (tertiary/aromatic N) is 2. The molecular weight excluding hydrogens is 322 g/mol. The normalized spacial score (nSPS) is 13.6. The molecule has 0 spiro atoms. The maximum atomic E-state index is 12.9. The van der Waals surface area contributed by atoms with E-state index >= 15 is 0 Å². The second-order valence-electron chi connectivity index (χ2n) is 5.84. The Morgan fingerprint density at radius 3 is 2.79 bits per heavy atom. The highest BCUT2D eigenvalue weighted by Crippen LogP contribution is 2.30. The molecule has 1 aromatic heterocycles. The molecule has 24 heavy (non-hydrogen) atoms. The van der Waals surface area contributed by atoms with Crippen molar-refractivity contribution in [2.24, 2.45) is 0 Å². The first-order valence-corrected chi connectivity index (χ1v) is 8.32. The van der Waals surface area contributed by atoms with Gasteiger partial charge in [0.1, 0.15) is 5.69 Å². The number of hydrogen-bond acceptors (Lipinski definition) is 2. The molecule has 0 radical (unpaired) electrons. The lowest BCUT2D eigenvalue weighted by molar-refractivity contribution is 0.0980. The summed E-state index contributed by atoms with van der Waals surface area (Å²) in [7, 11) is 0. The Hall–Kier alpha value is -2.59. The van der Waals surface area contributed by atoms with Crippen molar-refractivity contribution < 1.29 is 4.79 Å². The highest BCUT2D eigenvalue weighted by Gasteiger charge is 2.24. The predicted octanol–water partition coefficient (Wildman–Crippen LogP) is 4.32. The number of rotatable bonds is 2. The SMILES string of the molecule is O=C(c1cc(-c2ccccc2Cl)n[nH]1)N1CCCc2ccccc21. The molecule has 1 N–H and O–H groups in total. The molecule has 120 valence electrons. The Labute approximate surface area is 145 Å². The molecule has 0 atom stereocenters. The summed E-state index contributed by atoms with van der Waals surface area (Å²) in [6.07, 6.45) is 1.97. The largest absolute Gasteiger partial charge is 0.307 e. The van der Waals surface area contributed by atoms with E-state index in [1.165, 1.54) is 5.56 Å². The van der Waals surface area contributed by atoms with Crippen molar-refractivity contribution in [2.75, 3.05) is 11.4 Å². The number of benzene rings is 2. The van der Waals surface area contributed by atoms with Crippen LogP contribution in [0, 0.1) is 0 Å². The van der Waals surface area contributed by atoms with Gasteiger partial charge < -0.3 is 4.90 Å². The second kappa shape index (κ2) is 6.13. The maximum absolute atomic E-state index is 12.9. The van der Waals surface area contributed by atoms with Crippen LogP contribution in [0.2, 0.25) is 5.02 Å². The molecule has 1 aliphatic rings. The number of carbonyl (C=O) groups excluding carboxylic acids is 1. The number of anilines is 1. The van der Waals surface area contributed by atoms with Crippen molar-refractivity contribution in [3.05, 3.63) is 70.9 Å². The van der Waals surface area contributed by atoms with E-state index in [4.69, 9.17) is 11.6 Å². The van der Waals surface area contributed by atoms with Crippen molar-refractivity contribution in [2.45, 2.75) is 12.8 Å². The first kappa shape index (κ1) is 15.0. The van der Waals surface area contributed by atoms with Gasteiger partial charge in [0, 0.05) is 17.8 Å². The molecule has 0 bridgehead atoms. The van der Waals surface area contributed by atoms with Crippen molar-refractivity contribution in [1.29, 1.82) is 0 Å². The predicted molar refractivity (Wildman–Crippen MR) is 95.5 cm³/mol. The zero-order valence-corrected chi connectivity index (χ0v) is 13.8. The second-order valence-corrected chi connectivity index (χ2v) is 6.24. The number of aromatic nitrogens is 2. The van der Waals surface area contributed by atoms with Gasteiger partial charge in [0.05, 0.1) is 10.7 Å². The molecule has 1 amide bonds. The first-order chi connectivity index (χ1) is 11.7. The lowest BCUT2D eigenvalue weighted by Gasteiger charge is -2.28. The Kier molecular flexibility index (Phi) is 3.82. The van der Waals surface area contributed by atoms with Gasteiger partial charge in [-0.25, -0.2) is 0 Å². The minimum Gasteiger partial charge on any atom is -0.307 e. The van der Waals surface area contributed by atoms with E-state index in [-0.39, 0.29) is 5.91 Å². The van der Waals surface area contributed by atoms with Crippen molar-refractivity contribution in [3.63, 3.8) is 0 Å². The minimum absolute atomic E-state index is 0.0621. The quantitative estimate of drug-likeness (QED) is 0.757. The van der Waals surface area contributed by atoms with E-state index in [0.717, 1.165) is 30.6 Å². The molecule has 0 unspecified atom stereocenters. The number of carbonyl (C=O) groups is 1. The zero-order chi connectivity index (χ0) is 16.5. The van der Waals surface area contributed by atoms with Crippen molar-refractivity contribution in [3.8, 4) is 11.3 Å². The van der Waals surface area contributed by atoms with Crippen LogP contribution >= 0.6 is 11.6 Å². The molecule has 0 saturated heterocycles. The van der Waals surface area contributed by atoms with E-state index < -0.39 is 0 Å². The Balaban J connectivity index is 1.66. The van der Waals surface area contributed by atoms with Crippen LogP contribution in [0.4, 0.5) is 5.69 Å². The highest BCUT2D eigenvalue weighted by atomic mass is 35.5. The zero-order valence-electron chi connectivity index (χ0n) is 13.0. The summed E-state index contributed by atoms with van der Waals surface area (Å²) >= 11 is 6.21. The molecule has 1 aliphatic heterocycles. The van der Waals surface area contributed by atoms with E-state index in [1.807, 2.05) is 47.4 Å². The van der Waals surface area contributed by atoms with E-state index in [1.54, 1.807) is 6.07 Å². The number of aryl methyl sites for hydroxylation is 1. The third-order valence-corrected chi connectivity index (χ3v) is 4.64. The molecule has 2 heterocycles. The molecule has 0 saturated carbocycles. The number of aromatic amines is 1. The average molecular weight is 338 g/mol. The third-order valence-electron chi connectivity index (χ3n) is 4.31. The molecule has 5 heteroatoms. The van der Waals surface area contributed by atoms with Crippen LogP contribution in [-0.2, 0) is 6.42 Å². The highest BCUT2D eigenvalue weighted by molar-refractivity contribution is 6.33. The fourth-order valence-electron chi connectivity index (χ4n) is 3.13. The van der Waals surface area contributed by atoms with Crippen molar-refractivity contribution >= 4 is 23.2 Å². The van der Waals surface area contributed by atoms with E-state index in [0.29, 0.717) is 16.4 Å². The monoisotopic (exact) mass is 337 g/mol. The molecular formula is C19H16ClN3O. The number of halogens is 1. The van der Waals surface area contributed by atoms with Crippen LogP contribution in [0.3, 0.4) is 0 Å². The van der Waals surface area contributed by atoms with Gasteiger partial charge in [0.2, 0.25) is 0 Å². The topological polar surface area (TPSA) is 49.0 Å². The fourth-order valence-corrected chi connectivity index (χ4v) is 3.36. The van der Waals surface area contributed by atoms with Gasteiger partial charge in [-0.2, -0.15) is 5.10 Å². The number of hydrogen-bond donors (Lipinski definition) is 1. The molecule has 3 aromatic rings. The number of nitrogens with one attached hydrogen (secondary N) is 1. The number of H-pyrrole nitrogens is 1. The first-order valence-electron chi connectivity index (χ1n) is 7.94. The van der Waals surface area contributed by atoms with Crippen molar-refractivity contribution in [1.82, 2.24) is 10.2 Å². The summed E-state index contributed by atoms with van der Waals surface area (Å²) < 4.78 is 0. The standard InChI is InChI=1S/C19H16ClN3O/c20-15-9-3-2-8-14(15)16-12-17(22-21-16)19(24)23-11-5-7-13-6-1-4-10-18(13)23/h1-4,6,8-10,12H,5,7,11H2,(H,21,22). The molecule has 2 aromatic carbocycles. The summed E-state index contributed by atoms with van der Waals surface area (Å²) in [4.78, 5) is 14.7. The molecule has 4 nitrogen and oxygen atoms in total. The number of amides is 1. The van der Waals surface area contributed by atoms with Crippen LogP contribution in [0.25, 0.3) is 11.3 Å². The van der Waals surface area contributed by atoms with Gasteiger partial charge in [0.25, 0.3) is 5.91 Å². The Bertz CT molecular complexity index is 903. The summed E-state index contributed by atoms with van der Waals surface area (Å²) in [5.74, 6) is -0.0621. The summed E-state index contributed by atoms with van der Waals surface area (Å²) in [6.45, 7) is 0.719. The van der Waals surface area contributed by atoms with Crippen LogP contribution in [0.15, 0.2) is 54.6 Å². The van der Waals surface area contributed by atoms with Gasteiger partial charge in [-0.1, -0.05) is 48.0 Å². The fraction of sp³-hybridized carbons (Fsp3) is 0.158. The summed E-state index contributed by atoms with van der Waals surface area (Å²) in [5, 5.41) is 7.74. The maximum Gasteiger partial charge on any atom is 0.276 e. The number of para-hydroxylation sites is 1. The number of fused-ring (bicyclic) bond motifs is 1. The van der Waals surface area contributed by atoms with Crippen LogP contribution in [0.5, 0.6) is 0 Å². The lowest BCUT2D eigenvalue weighted by Crippen LogP contribution is -2.35. The summed E-state index contributed by atoms with van der Waals surface area (Å²) in [5.41, 5.74) is 4.16. The van der Waals surface area contributed by atoms with E-state index in [9.17, 15) is 4.79 Å². The Morgan fingerprint density at radius 2 is 1.92 bits per heavy atom. The third kappa shape index (κ3) is 2.59. The summed E-state index contributed by atoms with van der Waals surface area (Å²) in [6, 6.07) is 17.3. The van der Waals surface area contributed by atoms with Gasteiger partial charge >= 0.3 is 0 Å². The van der Waals surface area contributed by atoms with Gasteiger partial charge in [0.15, 0.2) is 0 Å². The van der Waals surface area contributed by atoms with Crippen LogP contribution < -0.4 is 4.90 Å². The molecule has 4 rings (SSSR count). The lowest BCUT2D eigenvalue weighted by atomic mass is 10.0. The minimum atomic E-state index is -0.0621. The van der Waals surface area contributed by atoms with Gasteiger partial charge in [-0.15, -0.1) is 0 Å². The van der Waals surface area contributed by atoms with Crippen LogP contribution in [-0.4, -0.2) is 22.6 Å². The Morgan fingerprint density at radius 1 is 1.12 bits per heavy atom. The average Bonchev–Trinajstić information content (AvgIpc) is 3.11. The van der Waals surface area contributed by atoms with E-state index in [2.05, 4.69) is 16.3 Å². The van der Waals surface area contributed by atoms with Crippen LogP contribution in [0.1, 0.15) is 22.5 Å². The molecule has 0 fully saturated rings. The molecule has 0 aliphatic carbocycles.